The zero-order valence-electron chi connectivity index (χ0n) is 12.9. The lowest BCUT2D eigenvalue weighted by molar-refractivity contribution is -0.148. The zero-order valence-corrected chi connectivity index (χ0v) is 12.9. The first-order valence-electron chi connectivity index (χ1n) is 7.35. The van der Waals surface area contributed by atoms with Gasteiger partial charge in [-0.2, -0.15) is 4.98 Å². The van der Waals surface area contributed by atoms with Crippen LogP contribution in [0.3, 0.4) is 0 Å². The Hall–Kier alpha value is -1.92. The van der Waals surface area contributed by atoms with Gasteiger partial charge in [0.15, 0.2) is 5.82 Å². The maximum atomic E-state index is 12.0. The summed E-state index contributed by atoms with van der Waals surface area (Å²) in [6.07, 6.45) is 2.33. The van der Waals surface area contributed by atoms with Crippen LogP contribution in [-0.4, -0.2) is 46.6 Å². The Kier molecular flexibility index (Phi) is 7.42. The highest BCUT2D eigenvalue weighted by Crippen LogP contribution is 2.05. The van der Waals surface area contributed by atoms with Crippen LogP contribution in [0.15, 0.2) is 4.52 Å². The van der Waals surface area contributed by atoms with E-state index in [4.69, 9.17) is 9.26 Å². The smallest absolute Gasteiger partial charge is 0.325 e. The normalized spacial score (nSPS) is 10.4. The largest absolute Gasteiger partial charge is 0.465 e. The lowest BCUT2D eigenvalue weighted by atomic mass is 10.2. The molecule has 1 heterocycles. The topological polar surface area (TPSA) is 85.5 Å². The monoisotopic (exact) mass is 297 g/mol. The highest BCUT2D eigenvalue weighted by molar-refractivity contribution is 5.82. The molecular formula is C14H23N3O4. The van der Waals surface area contributed by atoms with E-state index in [0.29, 0.717) is 31.3 Å². The number of rotatable bonds is 9. The van der Waals surface area contributed by atoms with Crippen molar-refractivity contribution in [2.45, 2.75) is 46.5 Å². The molecule has 0 atom stereocenters. The van der Waals surface area contributed by atoms with E-state index in [0.717, 1.165) is 12.8 Å². The molecule has 7 nitrogen and oxygen atoms in total. The Bertz CT molecular complexity index is 459. The van der Waals surface area contributed by atoms with Crippen molar-refractivity contribution >= 4 is 11.9 Å². The molecule has 0 saturated carbocycles. The van der Waals surface area contributed by atoms with Gasteiger partial charge >= 0.3 is 5.97 Å². The summed E-state index contributed by atoms with van der Waals surface area (Å²) in [4.78, 5) is 29.1. The molecule has 1 amide bonds. The fourth-order valence-corrected chi connectivity index (χ4v) is 1.83. The van der Waals surface area contributed by atoms with Gasteiger partial charge in [-0.3, -0.25) is 9.59 Å². The van der Waals surface area contributed by atoms with E-state index in [1.54, 1.807) is 6.92 Å². The summed E-state index contributed by atoms with van der Waals surface area (Å²) in [6.45, 7) is 6.35. The third-order valence-corrected chi connectivity index (χ3v) is 2.90. The summed E-state index contributed by atoms with van der Waals surface area (Å²) >= 11 is 0. The second-order valence-corrected chi connectivity index (χ2v) is 4.57. The van der Waals surface area contributed by atoms with Crippen molar-refractivity contribution < 1.29 is 18.8 Å². The first-order chi connectivity index (χ1) is 10.1. The third kappa shape index (κ3) is 5.93. The number of aryl methyl sites for hydroxylation is 2. The van der Waals surface area contributed by atoms with Crippen LogP contribution in [0.5, 0.6) is 0 Å². The van der Waals surface area contributed by atoms with Crippen molar-refractivity contribution in [3.63, 3.8) is 0 Å². The molecule has 1 rings (SSSR count). The van der Waals surface area contributed by atoms with E-state index >= 15 is 0 Å². The van der Waals surface area contributed by atoms with Crippen molar-refractivity contribution in [3.8, 4) is 0 Å². The molecule has 1 aromatic rings. The van der Waals surface area contributed by atoms with Crippen LogP contribution in [0, 0.1) is 0 Å². The molecule has 0 spiro atoms. The van der Waals surface area contributed by atoms with Gasteiger partial charge in [0.2, 0.25) is 11.8 Å². The number of ether oxygens (including phenoxy) is 1. The average molecular weight is 297 g/mol. The van der Waals surface area contributed by atoms with Crippen molar-refractivity contribution in [3.05, 3.63) is 11.7 Å². The van der Waals surface area contributed by atoms with E-state index in [1.165, 1.54) is 4.90 Å². The molecular weight excluding hydrogens is 274 g/mol. The quantitative estimate of drug-likeness (QED) is 0.640. The molecule has 0 fully saturated rings. The van der Waals surface area contributed by atoms with Crippen molar-refractivity contribution in [2.24, 2.45) is 0 Å². The van der Waals surface area contributed by atoms with Crippen LogP contribution in [0.2, 0.25) is 0 Å². The summed E-state index contributed by atoms with van der Waals surface area (Å²) in [6, 6.07) is 0. The number of amides is 1. The molecule has 0 aromatic carbocycles. The molecule has 0 bridgehead atoms. The van der Waals surface area contributed by atoms with Crippen molar-refractivity contribution in [1.29, 1.82) is 0 Å². The van der Waals surface area contributed by atoms with Crippen LogP contribution < -0.4 is 0 Å². The standard InChI is InChI=1S/C14H23N3O4/c1-4-7-11-15-12(21-16-11)8-9-13(18)17(5-2)10-14(19)20-6-3/h4-10H2,1-3H3. The lowest BCUT2D eigenvalue weighted by Gasteiger charge is -2.19. The molecule has 7 heteroatoms. The van der Waals surface area contributed by atoms with Gasteiger partial charge in [0.05, 0.1) is 6.61 Å². The van der Waals surface area contributed by atoms with Crippen LogP contribution >= 0.6 is 0 Å². The number of carbonyl (C=O) groups is 2. The van der Waals surface area contributed by atoms with E-state index in [2.05, 4.69) is 10.1 Å². The molecule has 0 radical (unpaired) electrons. The van der Waals surface area contributed by atoms with E-state index in [-0.39, 0.29) is 18.9 Å². The Morgan fingerprint density at radius 3 is 2.62 bits per heavy atom. The molecule has 0 saturated heterocycles. The van der Waals surface area contributed by atoms with Gasteiger partial charge in [-0.15, -0.1) is 0 Å². The Labute approximate surface area is 124 Å². The summed E-state index contributed by atoms with van der Waals surface area (Å²) < 4.78 is 9.92. The van der Waals surface area contributed by atoms with Gasteiger partial charge in [0.25, 0.3) is 0 Å². The van der Waals surface area contributed by atoms with Gasteiger partial charge < -0.3 is 14.2 Å². The zero-order chi connectivity index (χ0) is 15.7. The number of nitrogens with zero attached hydrogens (tertiary/aromatic N) is 3. The number of carbonyl (C=O) groups excluding carboxylic acids is 2. The van der Waals surface area contributed by atoms with E-state index in [1.807, 2.05) is 13.8 Å². The molecule has 118 valence electrons. The van der Waals surface area contributed by atoms with Crippen LogP contribution in [0.4, 0.5) is 0 Å². The molecule has 0 N–H and O–H groups in total. The third-order valence-electron chi connectivity index (χ3n) is 2.90. The highest BCUT2D eigenvalue weighted by atomic mass is 16.5. The summed E-state index contributed by atoms with van der Waals surface area (Å²) in [5.74, 6) is 0.606. The lowest BCUT2D eigenvalue weighted by Crippen LogP contribution is -2.36. The fourth-order valence-electron chi connectivity index (χ4n) is 1.83. The van der Waals surface area contributed by atoms with Gasteiger partial charge in [-0.05, 0) is 20.3 Å². The van der Waals surface area contributed by atoms with Gasteiger partial charge in [-0.1, -0.05) is 12.1 Å². The van der Waals surface area contributed by atoms with Gasteiger partial charge in [-0.25, -0.2) is 0 Å². The molecule has 0 aliphatic heterocycles. The number of hydrogen-bond donors (Lipinski definition) is 0. The van der Waals surface area contributed by atoms with Gasteiger partial charge in [0, 0.05) is 25.8 Å². The predicted molar refractivity (Wildman–Crippen MR) is 75.5 cm³/mol. The first kappa shape index (κ1) is 17.1. The number of aromatic nitrogens is 2. The molecule has 0 unspecified atom stereocenters. The Morgan fingerprint density at radius 1 is 1.24 bits per heavy atom. The van der Waals surface area contributed by atoms with Gasteiger partial charge in [0.1, 0.15) is 6.54 Å². The van der Waals surface area contributed by atoms with Crippen molar-refractivity contribution in [2.75, 3.05) is 19.7 Å². The average Bonchev–Trinajstić information content (AvgIpc) is 2.90. The maximum absolute atomic E-state index is 12.0. The summed E-state index contributed by atoms with van der Waals surface area (Å²) in [5, 5.41) is 3.84. The minimum Gasteiger partial charge on any atom is -0.465 e. The Morgan fingerprint density at radius 2 is 2.00 bits per heavy atom. The second kappa shape index (κ2) is 9.10. The highest BCUT2D eigenvalue weighted by Gasteiger charge is 2.17. The minimum absolute atomic E-state index is 0.0198. The molecule has 1 aromatic heterocycles. The van der Waals surface area contributed by atoms with Crippen LogP contribution in [0.1, 0.15) is 45.3 Å². The second-order valence-electron chi connectivity index (χ2n) is 4.57. The van der Waals surface area contributed by atoms with E-state index < -0.39 is 5.97 Å². The summed E-state index contributed by atoms with van der Waals surface area (Å²) in [7, 11) is 0. The van der Waals surface area contributed by atoms with Crippen molar-refractivity contribution in [1.82, 2.24) is 15.0 Å². The maximum Gasteiger partial charge on any atom is 0.325 e. The molecule has 0 aliphatic rings. The number of hydrogen-bond acceptors (Lipinski definition) is 6. The van der Waals surface area contributed by atoms with Crippen LogP contribution in [0.25, 0.3) is 0 Å². The summed E-state index contributed by atoms with van der Waals surface area (Å²) in [5.41, 5.74) is 0. The Balaban J connectivity index is 2.44. The molecule has 21 heavy (non-hydrogen) atoms. The predicted octanol–water partition coefficient (Wildman–Crippen LogP) is 1.37. The first-order valence-corrected chi connectivity index (χ1v) is 7.35. The minimum atomic E-state index is -0.393. The fraction of sp³-hybridized carbons (Fsp3) is 0.714. The molecule has 0 aliphatic carbocycles. The number of esters is 1. The SMILES string of the molecule is CCCc1noc(CCC(=O)N(CC)CC(=O)OCC)n1. The van der Waals surface area contributed by atoms with Crippen LogP contribution in [-0.2, 0) is 27.2 Å². The number of likely N-dealkylation sites (N-methyl/N-ethyl adjacent to an activating group) is 1. The van der Waals surface area contributed by atoms with E-state index in [9.17, 15) is 9.59 Å².